The van der Waals surface area contributed by atoms with Gasteiger partial charge in [-0.1, -0.05) is 23.0 Å². The summed E-state index contributed by atoms with van der Waals surface area (Å²) in [7, 11) is 1.25. The normalized spacial score (nSPS) is 20.2. The summed E-state index contributed by atoms with van der Waals surface area (Å²) in [6.07, 6.45) is 5.14. The van der Waals surface area contributed by atoms with Crippen LogP contribution in [0.3, 0.4) is 0 Å². The van der Waals surface area contributed by atoms with Crippen LogP contribution in [0.4, 0.5) is 5.13 Å². The number of carboxylic acids is 1. The quantitative estimate of drug-likeness (QED) is 0.258. The highest BCUT2D eigenvalue weighted by Crippen LogP contribution is 2.43. The lowest BCUT2D eigenvalue weighted by Crippen LogP contribution is -2.71. The fourth-order valence-electron chi connectivity index (χ4n) is 3.17. The number of fused-ring (bicyclic) bond motifs is 1. The average Bonchev–Trinajstić information content (AvgIpc) is 3.26. The summed E-state index contributed by atoms with van der Waals surface area (Å²) in [6.45, 7) is 0. The van der Waals surface area contributed by atoms with Gasteiger partial charge in [-0.05, 0) is 23.1 Å². The van der Waals surface area contributed by atoms with E-state index in [0.29, 0.717) is 10.7 Å². The van der Waals surface area contributed by atoms with Crippen molar-refractivity contribution in [3.05, 3.63) is 51.9 Å². The maximum atomic E-state index is 12.9. The molecule has 0 bridgehead atoms. The Hall–Kier alpha value is -3.43. The minimum absolute atomic E-state index is 0.0352. The number of anilines is 1. The van der Waals surface area contributed by atoms with Gasteiger partial charge < -0.3 is 21.0 Å². The second-order valence-corrected chi connectivity index (χ2v) is 9.61. The number of hydrogen-bond acceptors (Lipinski definition) is 12. The largest absolute Gasteiger partial charge is 0.477 e. The molecule has 176 valence electrons. The number of nitrogen functional groups attached to an aromatic ring is 1. The zero-order chi connectivity index (χ0) is 24.2. The van der Waals surface area contributed by atoms with E-state index in [0.717, 1.165) is 17.1 Å². The SMILES string of the molecule is CON=C(C(=O)NC1C(=O)N2C(C(=O)O)=C(S/C=C\c3cccnc3)CS[C@@H]12)c1nsc(N)n1. The van der Waals surface area contributed by atoms with Gasteiger partial charge in [-0.3, -0.25) is 19.5 Å². The maximum Gasteiger partial charge on any atom is 0.353 e. The molecular formula is C19H17N7O5S3. The first-order chi connectivity index (χ1) is 16.4. The third-order valence-corrected chi connectivity index (χ3v) is 7.53. The number of oxime groups is 1. The molecule has 4 heterocycles. The van der Waals surface area contributed by atoms with Gasteiger partial charge in [0.1, 0.15) is 24.2 Å². The van der Waals surface area contributed by atoms with Crippen LogP contribution in [-0.2, 0) is 19.2 Å². The van der Waals surface area contributed by atoms with Crippen LogP contribution in [0.2, 0.25) is 0 Å². The summed E-state index contributed by atoms with van der Waals surface area (Å²) in [4.78, 5) is 51.9. The number of nitrogens with one attached hydrogen (secondary N) is 1. The molecule has 2 aliphatic rings. The van der Waals surface area contributed by atoms with E-state index in [2.05, 4.69) is 24.8 Å². The van der Waals surface area contributed by atoms with E-state index in [1.165, 1.54) is 35.5 Å². The van der Waals surface area contributed by atoms with E-state index >= 15 is 0 Å². The van der Waals surface area contributed by atoms with Crippen molar-refractivity contribution in [2.75, 3.05) is 18.6 Å². The van der Waals surface area contributed by atoms with Gasteiger partial charge in [0.2, 0.25) is 11.5 Å². The number of nitrogens with two attached hydrogens (primary N) is 1. The Morgan fingerprint density at radius 1 is 1.47 bits per heavy atom. The highest BCUT2D eigenvalue weighted by atomic mass is 32.2. The van der Waals surface area contributed by atoms with Crippen molar-refractivity contribution in [1.29, 1.82) is 0 Å². The van der Waals surface area contributed by atoms with Crippen LogP contribution >= 0.6 is 35.1 Å². The molecule has 0 aliphatic carbocycles. The van der Waals surface area contributed by atoms with Gasteiger partial charge in [-0.2, -0.15) is 9.36 Å². The van der Waals surface area contributed by atoms with Crippen LogP contribution in [0.25, 0.3) is 6.08 Å². The van der Waals surface area contributed by atoms with E-state index < -0.39 is 29.2 Å². The van der Waals surface area contributed by atoms with E-state index in [9.17, 15) is 19.5 Å². The number of rotatable bonds is 8. The summed E-state index contributed by atoms with van der Waals surface area (Å²) in [5.74, 6) is -2.18. The lowest BCUT2D eigenvalue weighted by atomic mass is 10.0. The van der Waals surface area contributed by atoms with Gasteiger partial charge in [-0.25, -0.2) is 4.79 Å². The van der Waals surface area contributed by atoms with Gasteiger partial charge in [0.25, 0.3) is 11.8 Å². The first kappa shape index (κ1) is 23.7. The number of β-lactam (4-membered cyclic amide) rings is 1. The topological polar surface area (TPSA) is 173 Å². The van der Waals surface area contributed by atoms with Crippen LogP contribution in [0, 0.1) is 0 Å². The standard InChI is InChI=1S/C19H17N7O5S3/c1-31-24-11(14-23-19(20)34-25-14)15(27)22-12-16(28)26-13(18(29)30)10(8-33-17(12)26)32-6-4-9-3-2-5-21-7-9/h2-7,12,17H,8H2,1H3,(H,22,27)(H,29,30)(H2,20,23,25)/b6-4-,24-11?/t12?,17-/m0/s1. The molecule has 0 spiro atoms. The molecule has 2 atom stereocenters. The molecule has 1 fully saturated rings. The molecule has 0 radical (unpaired) electrons. The summed E-state index contributed by atoms with van der Waals surface area (Å²) >= 11 is 3.45. The first-order valence-electron chi connectivity index (χ1n) is 9.56. The minimum Gasteiger partial charge on any atom is -0.477 e. The fourth-order valence-corrected chi connectivity index (χ4v) is 5.96. The first-order valence-corrected chi connectivity index (χ1v) is 12.3. The van der Waals surface area contributed by atoms with Crippen molar-refractivity contribution in [2.24, 2.45) is 5.16 Å². The highest BCUT2D eigenvalue weighted by Gasteiger charge is 2.54. The van der Waals surface area contributed by atoms with Gasteiger partial charge in [0.15, 0.2) is 5.13 Å². The van der Waals surface area contributed by atoms with Crippen LogP contribution in [0.1, 0.15) is 11.4 Å². The zero-order valence-corrected chi connectivity index (χ0v) is 19.9. The maximum absolute atomic E-state index is 12.9. The summed E-state index contributed by atoms with van der Waals surface area (Å²) in [6, 6.07) is 2.72. The Balaban J connectivity index is 1.48. The summed E-state index contributed by atoms with van der Waals surface area (Å²) in [5, 5.41) is 17.3. The number of aliphatic carboxylic acids is 1. The molecule has 15 heteroatoms. The zero-order valence-electron chi connectivity index (χ0n) is 17.4. The highest BCUT2D eigenvalue weighted by molar-refractivity contribution is 8.08. The van der Waals surface area contributed by atoms with Gasteiger partial charge >= 0.3 is 5.97 Å². The van der Waals surface area contributed by atoms with E-state index in [1.54, 1.807) is 29.9 Å². The summed E-state index contributed by atoms with van der Waals surface area (Å²) < 4.78 is 3.94. The molecule has 1 saturated heterocycles. The number of pyridine rings is 1. The van der Waals surface area contributed by atoms with Crippen molar-refractivity contribution in [3.8, 4) is 0 Å². The number of carbonyl (C=O) groups is 3. The molecular weight excluding hydrogens is 502 g/mol. The van der Waals surface area contributed by atoms with E-state index in [-0.39, 0.29) is 22.4 Å². The molecule has 2 aliphatic heterocycles. The second-order valence-electron chi connectivity index (χ2n) is 6.72. The van der Waals surface area contributed by atoms with Crippen LogP contribution < -0.4 is 11.1 Å². The fraction of sp³-hybridized carbons (Fsp3) is 0.211. The van der Waals surface area contributed by atoms with Crippen LogP contribution in [0.15, 0.2) is 45.7 Å². The molecule has 2 aromatic rings. The molecule has 12 nitrogen and oxygen atoms in total. The number of amides is 2. The Bertz CT molecular complexity index is 1210. The Morgan fingerprint density at radius 2 is 2.29 bits per heavy atom. The Morgan fingerprint density at radius 3 is 2.94 bits per heavy atom. The predicted molar refractivity (Wildman–Crippen MR) is 128 cm³/mol. The Kier molecular flexibility index (Phi) is 7.14. The average molecular weight is 520 g/mol. The van der Waals surface area contributed by atoms with Gasteiger partial charge in [0.05, 0.1) is 0 Å². The van der Waals surface area contributed by atoms with Crippen molar-refractivity contribution in [2.45, 2.75) is 11.4 Å². The molecule has 4 rings (SSSR count). The number of nitrogens with zero attached hydrogens (tertiary/aromatic N) is 5. The molecule has 1 unspecified atom stereocenters. The van der Waals surface area contributed by atoms with Crippen molar-refractivity contribution in [1.82, 2.24) is 24.6 Å². The van der Waals surface area contributed by atoms with Gasteiger partial charge in [-0.15, -0.1) is 11.8 Å². The third kappa shape index (κ3) is 4.76. The number of thioether (sulfide) groups is 2. The lowest BCUT2D eigenvalue weighted by Gasteiger charge is -2.49. The molecule has 34 heavy (non-hydrogen) atoms. The number of hydrogen-bond donors (Lipinski definition) is 3. The van der Waals surface area contributed by atoms with E-state index in [4.69, 9.17) is 10.6 Å². The molecule has 0 saturated carbocycles. The van der Waals surface area contributed by atoms with Crippen molar-refractivity contribution >= 4 is 69.8 Å². The van der Waals surface area contributed by atoms with E-state index in [1.807, 2.05) is 6.07 Å². The number of aromatic nitrogens is 3. The smallest absolute Gasteiger partial charge is 0.353 e. The predicted octanol–water partition coefficient (Wildman–Crippen LogP) is 0.966. The van der Waals surface area contributed by atoms with Crippen LogP contribution in [-0.4, -0.2) is 72.1 Å². The molecule has 4 N–H and O–H groups in total. The molecule has 2 aromatic heterocycles. The molecule has 0 aromatic carbocycles. The van der Waals surface area contributed by atoms with Crippen LogP contribution in [0.5, 0.6) is 0 Å². The minimum atomic E-state index is -1.22. The van der Waals surface area contributed by atoms with Crippen molar-refractivity contribution in [3.63, 3.8) is 0 Å². The van der Waals surface area contributed by atoms with Crippen molar-refractivity contribution < 1.29 is 24.3 Å². The Labute approximate surface area is 205 Å². The third-order valence-electron chi connectivity index (χ3n) is 4.63. The van der Waals surface area contributed by atoms with Gasteiger partial charge in [0, 0.05) is 34.6 Å². The second kappa shape index (κ2) is 10.2. The number of carbonyl (C=O) groups excluding carboxylic acids is 2. The summed E-state index contributed by atoms with van der Waals surface area (Å²) in [5.41, 5.74) is 6.09. The lowest BCUT2D eigenvalue weighted by molar-refractivity contribution is -0.150. The molecule has 2 amide bonds. The monoisotopic (exact) mass is 519 g/mol. The number of carboxylic acid groups (broad SMARTS) is 1.